The van der Waals surface area contributed by atoms with Gasteiger partial charge in [-0.15, -0.1) is 0 Å². The number of benzene rings is 1. The van der Waals surface area contributed by atoms with E-state index in [0.717, 1.165) is 13.2 Å². The van der Waals surface area contributed by atoms with Gasteiger partial charge in [0.1, 0.15) is 0 Å². The van der Waals surface area contributed by atoms with Crippen LogP contribution in [-0.4, -0.2) is 19.3 Å². The molecule has 20 heavy (non-hydrogen) atoms. The van der Waals surface area contributed by atoms with Gasteiger partial charge in [-0.05, 0) is 79.3 Å². The highest BCUT2D eigenvalue weighted by atomic mass is 127. The second kappa shape index (κ2) is 8.35. The molecule has 0 amide bonds. The minimum atomic E-state index is 0.480. The van der Waals surface area contributed by atoms with Gasteiger partial charge in [0.2, 0.25) is 0 Å². The second-order valence-corrected chi connectivity index (χ2v) is 6.73. The SMILES string of the molecule is CCNC(CCCC1CCCO1)c1cccc(C)c1I. The average molecular weight is 387 g/mol. The Morgan fingerprint density at radius 3 is 3.00 bits per heavy atom. The van der Waals surface area contributed by atoms with Gasteiger partial charge in [-0.1, -0.05) is 25.1 Å². The fourth-order valence-electron chi connectivity index (χ4n) is 2.97. The smallest absolute Gasteiger partial charge is 0.0576 e. The van der Waals surface area contributed by atoms with Gasteiger partial charge in [0.05, 0.1) is 6.10 Å². The molecule has 1 aliphatic heterocycles. The van der Waals surface area contributed by atoms with E-state index in [0.29, 0.717) is 12.1 Å². The first kappa shape index (κ1) is 16.2. The van der Waals surface area contributed by atoms with Crippen LogP contribution in [-0.2, 0) is 4.74 Å². The van der Waals surface area contributed by atoms with Crippen molar-refractivity contribution in [2.24, 2.45) is 0 Å². The molecule has 0 bridgehead atoms. The summed E-state index contributed by atoms with van der Waals surface area (Å²) in [7, 11) is 0. The molecule has 1 fully saturated rings. The Bertz CT molecular complexity index is 415. The van der Waals surface area contributed by atoms with Crippen LogP contribution in [0.3, 0.4) is 0 Å². The van der Waals surface area contributed by atoms with Crippen LogP contribution in [0, 0.1) is 10.5 Å². The minimum absolute atomic E-state index is 0.480. The largest absolute Gasteiger partial charge is 0.378 e. The van der Waals surface area contributed by atoms with Gasteiger partial charge in [-0.25, -0.2) is 0 Å². The third kappa shape index (κ3) is 4.43. The van der Waals surface area contributed by atoms with Crippen molar-refractivity contribution in [3.63, 3.8) is 0 Å². The molecule has 0 radical (unpaired) electrons. The molecular formula is C17H26INO. The Labute approximate surface area is 136 Å². The van der Waals surface area contributed by atoms with Crippen molar-refractivity contribution in [1.29, 1.82) is 0 Å². The number of halogens is 1. The van der Waals surface area contributed by atoms with Crippen LogP contribution in [0.4, 0.5) is 0 Å². The van der Waals surface area contributed by atoms with Crippen LogP contribution in [0.1, 0.15) is 56.2 Å². The first-order valence-corrected chi connectivity index (χ1v) is 8.90. The summed E-state index contributed by atoms with van der Waals surface area (Å²) < 4.78 is 7.13. The molecule has 2 nitrogen and oxygen atoms in total. The Morgan fingerprint density at radius 1 is 1.45 bits per heavy atom. The van der Waals surface area contributed by atoms with Crippen molar-refractivity contribution in [2.75, 3.05) is 13.2 Å². The van der Waals surface area contributed by atoms with Crippen molar-refractivity contribution < 1.29 is 4.74 Å². The van der Waals surface area contributed by atoms with Crippen molar-refractivity contribution in [1.82, 2.24) is 5.32 Å². The summed E-state index contributed by atoms with van der Waals surface area (Å²) in [6.45, 7) is 6.38. The number of hydrogen-bond acceptors (Lipinski definition) is 2. The maximum atomic E-state index is 5.72. The lowest BCUT2D eigenvalue weighted by molar-refractivity contribution is 0.101. The molecule has 1 heterocycles. The maximum Gasteiger partial charge on any atom is 0.0576 e. The van der Waals surface area contributed by atoms with Gasteiger partial charge in [-0.3, -0.25) is 0 Å². The zero-order valence-corrected chi connectivity index (χ0v) is 14.8. The molecule has 0 saturated carbocycles. The lowest BCUT2D eigenvalue weighted by atomic mass is 9.98. The lowest BCUT2D eigenvalue weighted by Crippen LogP contribution is -2.22. The molecule has 1 aromatic rings. The summed E-state index contributed by atoms with van der Waals surface area (Å²) in [5.41, 5.74) is 2.84. The van der Waals surface area contributed by atoms with Crippen molar-refractivity contribution in [3.8, 4) is 0 Å². The average Bonchev–Trinajstić information content (AvgIpc) is 2.94. The molecule has 0 aliphatic carbocycles. The van der Waals surface area contributed by atoms with Gasteiger partial charge in [0, 0.05) is 16.2 Å². The topological polar surface area (TPSA) is 21.3 Å². The highest BCUT2D eigenvalue weighted by Crippen LogP contribution is 2.28. The van der Waals surface area contributed by atoms with Gasteiger partial charge in [0.15, 0.2) is 0 Å². The molecule has 0 spiro atoms. The number of hydrogen-bond donors (Lipinski definition) is 1. The molecule has 112 valence electrons. The van der Waals surface area contributed by atoms with E-state index in [1.165, 1.54) is 46.8 Å². The van der Waals surface area contributed by atoms with Crippen LogP contribution in [0.25, 0.3) is 0 Å². The number of ether oxygens (including phenoxy) is 1. The molecule has 1 N–H and O–H groups in total. The Kier molecular flexibility index (Phi) is 6.78. The third-order valence-corrected chi connectivity index (χ3v) is 5.56. The standard InChI is InChI=1S/C17H26INO/c1-3-19-16(11-5-8-14-9-6-12-20-14)15-10-4-7-13(2)17(15)18/h4,7,10,14,16,19H,3,5-6,8-9,11-12H2,1-2H3. The number of nitrogens with one attached hydrogen (secondary N) is 1. The van der Waals surface area contributed by atoms with Crippen molar-refractivity contribution >= 4 is 22.6 Å². The summed E-state index contributed by atoms with van der Waals surface area (Å²) in [4.78, 5) is 0. The Balaban J connectivity index is 1.93. The van der Waals surface area contributed by atoms with E-state index >= 15 is 0 Å². The summed E-state index contributed by atoms with van der Waals surface area (Å²) >= 11 is 2.48. The van der Waals surface area contributed by atoms with E-state index in [4.69, 9.17) is 4.74 Å². The van der Waals surface area contributed by atoms with E-state index in [-0.39, 0.29) is 0 Å². The first-order chi connectivity index (χ1) is 9.72. The molecule has 1 saturated heterocycles. The minimum Gasteiger partial charge on any atom is -0.378 e. The highest BCUT2D eigenvalue weighted by molar-refractivity contribution is 14.1. The van der Waals surface area contributed by atoms with Gasteiger partial charge < -0.3 is 10.1 Å². The summed E-state index contributed by atoms with van der Waals surface area (Å²) in [5.74, 6) is 0. The van der Waals surface area contributed by atoms with Gasteiger partial charge in [-0.2, -0.15) is 0 Å². The molecule has 1 aliphatic rings. The normalized spacial score (nSPS) is 20.2. The fraction of sp³-hybridized carbons (Fsp3) is 0.647. The Hall–Kier alpha value is -0.130. The molecule has 3 heteroatoms. The third-order valence-electron chi connectivity index (χ3n) is 4.09. The van der Waals surface area contributed by atoms with E-state index in [9.17, 15) is 0 Å². The van der Waals surface area contributed by atoms with Crippen LogP contribution in [0.15, 0.2) is 18.2 Å². The molecule has 2 atom stereocenters. The molecule has 2 unspecified atom stereocenters. The zero-order chi connectivity index (χ0) is 14.4. The lowest BCUT2D eigenvalue weighted by Gasteiger charge is -2.21. The van der Waals surface area contributed by atoms with Gasteiger partial charge in [0.25, 0.3) is 0 Å². The number of aryl methyl sites for hydroxylation is 1. The highest BCUT2D eigenvalue weighted by Gasteiger charge is 2.18. The van der Waals surface area contributed by atoms with Gasteiger partial charge >= 0.3 is 0 Å². The second-order valence-electron chi connectivity index (χ2n) is 5.65. The molecule has 1 aromatic carbocycles. The fourth-order valence-corrected chi connectivity index (χ4v) is 3.71. The monoisotopic (exact) mass is 387 g/mol. The van der Waals surface area contributed by atoms with Crippen LogP contribution in [0.2, 0.25) is 0 Å². The quantitative estimate of drug-likeness (QED) is 0.691. The first-order valence-electron chi connectivity index (χ1n) is 7.82. The summed E-state index contributed by atoms with van der Waals surface area (Å²) in [5, 5.41) is 3.65. The predicted molar refractivity (Wildman–Crippen MR) is 93.1 cm³/mol. The molecule has 2 rings (SSSR count). The van der Waals surface area contributed by atoms with E-state index < -0.39 is 0 Å². The summed E-state index contributed by atoms with van der Waals surface area (Å²) in [6, 6.07) is 7.12. The number of rotatable bonds is 7. The van der Waals surface area contributed by atoms with E-state index in [2.05, 4.69) is 60.0 Å². The molecular weight excluding hydrogens is 361 g/mol. The summed E-state index contributed by atoms with van der Waals surface area (Å²) in [6.07, 6.45) is 6.68. The Morgan fingerprint density at radius 2 is 2.30 bits per heavy atom. The van der Waals surface area contributed by atoms with Crippen LogP contribution >= 0.6 is 22.6 Å². The zero-order valence-electron chi connectivity index (χ0n) is 12.6. The maximum absolute atomic E-state index is 5.72. The molecule has 0 aromatic heterocycles. The van der Waals surface area contributed by atoms with E-state index in [1.54, 1.807) is 0 Å². The van der Waals surface area contributed by atoms with Crippen LogP contribution < -0.4 is 5.32 Å². The van der Waals surface area contributed by atoms with Crippen molar-refractivity contribution in [2.45, 2.75) is 58.1 Å². The predicted octanol–water partition coefficient (Wildman–Crippen LogP) is 4.60. The van der Waals surface area contributed by atoms with Crippen LogP contribution in [0.5, 0.6) is 0 Å². The van der Waals surface area contributed by atoms with E-state index in [1.807, 2.05) is 0 Å². The van der Waals surface area contributed by atoms with Crippen molar-refractivity contribution in [3.05, 3.63) is 32.9 Å².